The van der Waals surface area contributed by atoms with Crippen molar-refractivity contribution in [3.8, 4) is 0 Å². The molecule has 2 N–H and O–H groups in total. The molecule has 0 unspecified atom stereocenters. The zero-order valence-corrected chi connectivity index (χ0v) is 20.8. The lowest BCUT2D eigenvalue weighted by molar-refractivity contribution is -0.123. The Balaban J connectivity index is 1.32. The fourth-order valence-corrected chi connectivity index (χ4v) is 6.22. The van der Waals surface area contributed by atoms with Crippen LogP contribution in [0.5, 0.6) is 0 Å². The summed E-state index contributed by atoms with van der Waals surface area (Å²) < 4.78 is 28.4. The van der Waals surface area contributed by atoms with Crippen LogP contribution in [0.4, 0.5) is 21.5 Å². The average Bonchev–Trinajstić information content (AvgIpc) is 3.20. The molecule has 1 spiro atoms. The molecule has 2 aromatic carbocycles. The number of rotatable bonds is 5. The van der Waals surface area contributed by atoms with E-state index in [1.54, 1.807) is 17.0 Å². The zero-order chi connectivity index (χ0) is 24.7. The van der Waals surface area contributed by atoms with E-state index in [2.05, 4.69) is 14.9 Å². The van der Waals surface area contributed by atoms with E-state index in [9.17, 15) is 14.0 Å². The monoisotopic (exact) mass is 512 g/mol. The van der Waals surface area contributed by atoms with Crippen LogP contribution in [0.25, 0.3) is 0 Å². The molecule has 8 nitrogen and oxygen atoms in total. The van der Waals surface area contributed by atoms with Crippen LogP contribution in [0.1, 0.15) is 35.2 Å². The molecule has 3 fully saturated rings. The molecule has 0 radical (unpaired) electrons. The maximum Gasteiger partial charge on any atom is 0.256 e. The molecule has 1 aliphatic carbocycles. The van der Waals surface area contributed by atoms with Crippen molar-refractivity contribution in [2.45, 2.75) is 29.6 Å². The lowest BCUT2D eigenvalue weighted by atomic mass is 9.65. The predicted octanol–water partition coefficient (Wildman–Crippen LogP) is 3.63. The fourth-order valence-electron chi connectivity index (χ4n) is 5.44. The summed E-state index contributed by atoms with van der Waals surface area (Å²) in [5.41, 5.74) is 3.05. The van der Waals surface area contributed by atoms with Gasteiger partial charge in [-0.05, 0) is 60.7 Å². The lowest BCUT2D eigenvalue weighted by Crippen LogP contribution is -2.41. The summed E-state index contributed by atoms with van der Waals surface area (Å²) in [5.74, 6) is -0.401. The Kier molecular flexibility index (Phi) is 6.27. The molecule has 190 valence electrons. The summed E-state index contributed by atoms with van der Waals surface area (Å²) in [7, 11) is 0. The molecule has 0 aromatic heterocycles. The summed E-state index contributed by atoms with van der Waals surface area (Å²) in [4.78, 5) is 31.3. The largest absolute Gasteiger partial charge is 0.378 e. The highest BCUT2D eigenvalue weighted by atomic mass is 32.2. The van der Waals surface area contributed by atoms with Crippen LogP contribution in [0, 0.1) is 5.82 Å². The van der Waals surface area contributed by atoms with E-state index in [-0.39, 0.29) is 17.6 Å². The van der Waals surface area contributed by atoms with Crippen molar-refractivity contribution in [3.63, 3.8) is 0 Å². The van der Waals surface area contributed by atoms with Crippen LogP contribution in [0.15, 0.2) is 35.2 Å². The SMILES string of the molecule is O=C(c1cc(NSc2ccc(F)cc2N2CCOCC2)cc2c1NC(=O)C21CCC1)N1CCOCC1. The fraction of sp³-hybridized carbons (Fsp3) is 0.462. The molecule has 3 aliphatic heterocycles. The van der Waals surface area contributed by atoms with Crippen molar-refractivity contribution in [1.29, 1.82) is 0 Å². The molecule has 2 aromatic rings. The standard InChI is InChI=1S/C26H29FN4O4S/c27-17-2-3-22(21(14-17)30-6-10-34-11-7-30)36-29-18-15-19(24(32)31-8-12-35-13-9-31)23-20(16-18)26(4-1-5-26)25(33)28-23/h2-3,14-16,29H,1,4-13H2,(H,28,33). The number of nitrogens with one attached hydrogen (secondary N) is 2. The molecule has 0 bridgehead atoms. The van der Waals surface area contributed by atoms with E-state index in [0.29, 0.717) is 63.9 Å². The minimum absolute atomic E-state index is 0.0160. The van der Waals surface area contributed by atoms with Crippen molar-refractivity contribution in [3.05, 3.63) is 47.3 Å². The van der Waals surface area contributed by atoms with Gasteiger partial charge in [0.25, 0.3) is 5.91 Å². The zero-order valence-electron chi connectivity index (χ0n) is 20.0. The molecule has 36 heavy (non-hydrogen) atoms. The van der Waals surface area contributed by atoms with E-state index in [4.69, 9.17) is 9.47 Å². The Morgan fingerprint density at radius 3 is 2.44 bits per heavy atom. The molecule has 6 rings (SSSR count). The number of morpholine rings is 2. The Morgan fingerprint density at radius 2 is 1.75 bits per heavy atom. The first kappa shape index (κ1) is 23.6. The Morgan fingerprint density at radius 1 is 1.03 bits per heavy atom. The summed E-state index contributed by atoms with van der Waals surface area (Å²) in [6, 6.07) is 8.59. The van der Waals surface area contributed by atoms with Crippen LogP contribution in [-0.4, -0.2) is 69.3 Å². The predicted molar refractivity (Wildman–Crippen MR) is 136 cm³/mol. The van der Waals surface area contributed by atoms with Gasteiger partial charge in [-0.1, -0.05) is 6.42 Å². The smallest absolute Gasteiger partial charge is 0.256 e. The number of ether oxygens (including phenoxy) is 2. The third kappa shape index (κ3) is 4.10. The van der Waals surface area contributed by atoms with Crippen LogP contribution in [0.2, 0.25) is 0 Å². The van der Waals surface area contributed by atoms with Gasteiger partial charge in [0.15, 0.2) is 0 Å². The van der Waals surface area contributed by atoms with Gasteiger partial charge in [0, 0.05) is 31.9 Å². The molecule has 2 amide bonds. The van der Waals surface area contributed by atoms with Gasteiger partial charge >= 0.3 is 0 Å². The maximum absolute atomic E-state index is 14.1. The van der Waals surface area contributed by atoms with E-state index in [1.807, 2.05) is 12.1 Å². The van der Waals surface area contributed by atoms with Gasteiger partial charge in [-0.3, -0.25) is 9.59 Å². The highest BCUT2D eigenvalue weighted by Crippen LogP contribution is 2.53. The molecule has 3 heterocycles. The summed E-state index contributed by atoms with van der Waals surface area (Å²) in [6.07, 6.45) is 2.56. The summed E-state index contributed by atoms with van der Waals surface area (Å²) in [6.45, 7) is 4.67. The van der Waals surface area contributed by atoms with Crippen LogP contribution in [0.3, 0.4) is 0 Å². The van der Waals surface area contributed by atoms with Gasteiger partial charge in [0.1, 0.15) is 5.82 Å². The van der Waals surface area contributed by atoms with Crippen LogP contribution in [-0.2, 0) is 19.7 Å². The first-order chi connectivity index (χ1) is 17.5. The van der Waals surface area contributed by atoms with Crippen LogP contribution < -0.4 is 14.9 Å². The number of hydrogen-bond donors (Lipinski definition) is 2. The molecular formula is C26H29FN4O4S. The summed E-state index contributed by atoms with van der Waals surface area (Å²) >= 11 is 1.38. The van der Waals surface area contributed by atoms with Crippen molar-refractivity contribution in [1.82, 2.24) is 4.90 Å². The third-order valence-electron chi connectivity index (χ3n) is 7.61. The minimum atomic E-state index is -0.549. The first-order valence-electron chi connectivity index (χ1n) is 12.5. The van der Waals surface area contributed by atoms with Crippen molar-refractivity contribution >= 4 is 40.8 Å². The maximum atomic E-state index is 14.1. The average molecular weight is 513 g/mol. The van der Waals surface area contributed by atoms with E-state index >= 15 is 0 Å². The number of amides is 2. The molecule has 1 saturated carbocycles. The van der Waals surface area contributed by atoms with E-state index in [1.165, 1.54) is 18.0 Å². The van der Waals surface area contributed by atoms with Gasteiger partial charge in [-0.25, -0.2) is 4.39 Å². The molecule has 0 atom stereocenters. The molecule has 4 aliphatic rings. The van der Waals surface area contributed by atoms with Gasteiger partial charge in [-0.15, -0.1) is 0 Å². The second-order valence-corrected chi connectivity index (χ2v) is 10.5. The Labute approximate surface area is 213 Å². The number of carbonyl (C=O) groups excluding carboxylic acids is 2. The normalized spacial score (nSPS) is 20.6. The van der Waals surface area contributed by atoms with Crippen molar-refractivity contribution in [2.24, 2.45) is 0 Å². The number of hydrogen-bond acceptors (Lipinski definition) is 7. The van der Waals surface area contributed by atoms with E-state index in [0.717, 1.165) is 41.1 Å². The lowest BCUT2D eigenvalue weighted by Gasteiger charge is -2.36. The Hall–Kier alpha value is -2.82. The number of halogens is 1. The highest BCUT2D eigenvalue weighted by molar-refractivity contribution is 8.00. The second kappa shape index (κ2) is 9.57. The van der Waals surface area contributed by atoms with Gasteiger partial charge < -0.3 is 29.3 Å². The minimum Gasteiger partial charge on any atom is -0.378 e. The third-order valence-corrected chi connectivity index (χ3v) is 8.52. The number of fused-ring (bicyclic) bond motifs is 2. The van der Waals surface area contributed by atoms with Crippen molar-refractivity contribution in [2.75, 3.05) is 67.5 Å². The molecular weight excluding hydrogens is 483 g/mol. The quantitative estimate of drug-likeness (QED) is 0.592. The number of carbonyl (C=O) groups is 2. The van der Waals surface area contributed by atoms with Crippen molar-refractivity contribution < 1.29 is 23.5 Å². The van der Waals surface area contributed by atoms with Crippen LogP contribution >= 0.6 is 11.9 Å². The van der Waals surface area contributed by atoms with Gasteiger partial charge in [0.2, 0.25) is 5.91 Å². The van der Waals surface area contributed by atoms with E-state index < -0.39 is 5.41 Å². The second-order valence-electron chi connectivity index (χ2n) is 9.66. The first-order valence-corrected chi connectivity index (χ1v) is 13.3. The molecule has 10 heteroatoms. The number of benzene rings is 2. The Bertz CT molecular complexity index is 1190. The topological polar surface area (TPSA) is 83.1 Å². The number of anilines is 3. The van der Waals surface area contributed by atoms with Gasteiger partial charge in [-0.2, -0.15) is 0 Å². The van der Waals surface area contributed by atoms with Gasteiger partial charge in [0.05, 0.1) is 53.7 Å². The number of nitrogens with zero attached hydrogens (tertiary/aromatic N) is 2. The molecule has 2 saturated heterocycles. The highest BCUT2D eigenvalue weighted by Gasteiger charge is 2.52. The summed E-state index contributed by atoms with van der Waals surface area (Å²) in [5, 5.41) is 3.03.